The molecule has 1 heterocycles. The second-order valence-electron chi connectivity index (χ2n) is 5.11. The highest BCUT2D eigenvalue weighted by molar-refractivity contribution is 5.74. The first-order valence-electron chi connectivity index (χ1n) is 7.43. The predicted molar refractivity (Wildman–Crippen MR) is 85.8 cm³/mol. The van der Waals surface area contributed by atoms with Crippen LogP contribution in [0.3, 0.4) is 0 Å². The number of esters is 1. The minimum absolute atomic E-state index is 0.0650. The molecule has 0 saturated carbocycles. The molecular formula is C16H16N4O5. The molecule has 0 bridgehead atoms. The third kappa shape index (κ3) is 4.32. The van der Waals surface area contributed by atoms with E-state index in [0.717, 1.165) is 6.20 Å². The molecule has 0 radical (unpaired) electrons. The van der Waals surface area contributed by atoms with Crippen molar-refractivity contribution in [1.82, 2.24) is 9.55 Å². The van der Waals surface area contributed by atoms with Crippen molar-refractivity contribution in [3.8, 4) is 11.8 Å². The Morgan fingerprint density at radius 1 is 1.48 bits per heavy atom. The van der Waals surface area contributed by atoms with Gasteiger partial charge in [-0.3, -0.25) is 0 Å². The summed E-state index contributed by atoms with van der Waals surface area (Å²) in [6.07, 6.45) is 0.232. The quantitative estimate of drug-likeness (QED) is 0.428. The first kappa shape index (κ1) is 17.9. The van der Waals surface area contributed by atoms with Gasteiger partial charge in [-0.05, 0) is 24.0 Å². The number of nitriles is 1. The van der Waals surface area contributed by atoms with Gasteiger partial charge in [-0.15, -0.1) is 0 Å². The number of hydrogen-bond acceptors (Lipinski definition) is 7. The van der Waals surface area contributed by atoms with Gasteiger partial charge in [0.15, 0.2) is 11.9 Å². The summed E-state index contributed by atoms with van der Waals surface area (Å²) >= 11 is 0. The number of nitrogens with zero attached hydrogens (tertiary/aromatic N) is 4. The van der Waals surface area contributed by atoms with Crippen LogP contribution in [0.15, 0.2) is 30.5 Å². The van der Waals surface area contributed by atoms with Gasteiger partial charge in [0.2, 0.25) is 0 Å². The van der Waals surface area contributed by atoms with Crippen molar-refractivity contribution in [2.24, 2.45) is 0 Å². The van der Waals surface area contributed by atoms with E-state index < -0.39 is 17.0 Å². The molecule has 1 aromatic carbocycles. The maximum atomic E-state index is 12.0. The Balaban J connectivity index is 1.91. The van der Waals surface area contributed by atoms with Gasteiger partial charge in [0, 0.05) is 6.92 Å². The Labute approximate surface area is 143 Å². The zero-order chi connectivity index (χ0) is 18.4. The Kier molecular flexibility index (Phi) is 5.68. The fraction of sp³-hybridized carbons (Fsp3) is 0.312. The molecule has 1 aromatic heterocycles. The van der Waals surface area contributed by atoms with Gasteiger partial charge in [-0.25, -0.2) is 14.3 Å². The summed E-state index contributed by atoms with van der Waals surface area (Å²) in [6, 6.07) is 8.51. The summed E-state index contributed by atoms with van der Waals surface area (Å²) in [5, 5.41) is 19.9. The highest BCUT2D eigenvalue weighted by Gasteiger charge is 2.20. The highest BCUT2D eigenvalue weighted by Crippen LogP contribution is 2.18. The third-order valence-corrected chi connectivity index (χ3v) is 3.42. The summed E-state index contributed by atoms with van der Waals surface area (Å²) in [7, 11) is 0. The molecule has 9 heteroatoms. The summed E-state index contributed by atoms with van der Waals surface area (Å²) in [5.41, 5.74) is 0.312. The van der Waals surface area contributed by atoms with Crippen LogP contribution in [0.1, 0.15) is 18.3 Å². The number of hydrogen-bond donors (Lipinski definition) is 0. The smallest absolute Gasteiger partial charge is 0.347 e. The van der Waals surface area contributed by atoms with Gasteiger partial charge < -0.3 is 19.6 Å². The standard InChI is InChI=1S/C16H16N4O5/c1-11(25-14-6-4-3-5-13(14)9-17)16(21)24-8-7-19-12(2)18-10-15(19)20(22)23/h3-6,10-11H,7-8H2,1-2H3. The zero-order valence-corrected chi connectivity index (χ0v) is 13.7. The van der Waals surface area contributed by atoms with Gasteiger partial charge in [0.05, 0.1) is 5.56 Å². The van der Waals surface area contributed by atoms with E-state index >= 15 is 0 Å². The van der Waals surface area contributed by atoms with Crippen LogP contribution in [0.25, 0.3) is 0 Å². The second-order valence-corrected chi connectivity index (χ2v) is 5.11. The number of imidazole rings is 1. The lowest BCUT2D eigenvalue weighted by molar-refractivity contribution is -0.392. The Hall–Kier alpha value is -3.41. The fourth-order valence-electron chi connectivity index (χ4n) is 2.13. The number of rotatable bonds is 7. The molecule has 0 aliphatic carbocycles. The van der Waals surface area contributed by atoms with E-state index in [9.17, 15) is 14.9 Å². The number of carbonyl (C=O) groups is 1. The highest BCUT2D eigenvalue weighted by atomic mass is 16.6. The lowest BCUT2D eigenvalue weighted by Gasteiger charge is -2.14. The molecule has 0 aliphatic rings. The maximum Gasteiger partial charge on any atom is 0.347 e. The lowest BCUT2D eigenvalue weighted by Crippen LogP contribution is -2.27. The summed E-state index contributed by atoms with van der Waals surface area (Å²) in [5.74, 6) is -0.0560. The van der Waals surface area contributed by atoms with E-state index in [1.807, 2.05) is 6.07 Å². The Morgan fingerprint density at radius 2 is 2.20 bits per heavy atom. The molecule has 0 N–H and O–H groups in total. The van der Waals surface area contributed by atoms with Crippen LogP contribution < -0.4 is 4.74 Å². The number of aryl methyl sites for hydroxylation is 1. The first-order valence-corrected chi connectivity index (χ1v) is 7.43. The number of nitro groups is 1. The van der Waals surface area contributed by atoms with Crippen molar-refractivity contribution >= 4 is 11.8 Å². The normalized spacial score (nSPS) is 11.4. The molecule has 130 valence electrons. The van der Waals surface area contributed by atoms with Crippen molar-refractivity contribution in [2.45, 2.75) is 26.5 Å². The van der Waals surface area contributed by atoms with E-state index in [1.165, 1.54) is 11.5 Å². The predicted octanol–water partition coefficient (Wildman–Crippen LogP) is 1.98. The van der Waals surface area contributed by atoms with E-state index in [2.05, 4.69) is 4.98 Å². The van der Waals surface area contributed by atoms with Gasteiger partial charge in [-0.1, -0.05) is 12.1 Å². The molecule has 0 aliphatic heterocycles. The molecule has 0 amide bonds. The van der Waals surface area contributed by atoms with E-state index in [0.29, 0.717) is 11.4 Å². The largest absolute Gasteiger partial charge is 0.478 e. The average molecular weight is 344 g/mol. The van der Waals surface area contributed by atoms with Crippen LogP contribution in [0.5, 0.6) is 5.75 Å². The molecule has 0 saturated heterocycles. The first-order chi connectivity index (χ1) is 11.9. The van der Waals surface area contributed by atoms with Crippen molar-refractivity contribution in [2.75, 3.05) is 6.61 Å². The Morgan fingerprint density at radius 3 is 2.88 bits per heavy atom. The van der Waals surface area contributed by atoms with Gasteiger partial charge in [-0.2, -0.15) is 5.26 Å². The third-order valence-electron chi connectivity index (χ3n) is 3.42. The maximum absolute atomic E-state index is 12.0. The van der Waals surface area contributed by atoms with E-state index in [-0.39, 0.29) is 24.7 Å². The van der Waals surface area contributed by atoms with Crippen LogP contribution in [0.4, 0.5) is 5.82 Å². The van der Waals surface area contributed by atoms with Crippen molar-refractivity contribution in [1.29, 1.82) is 5.26 Å². The lowest BCUT2D eigenvalue weighted by atomic mass is 10.2. The van der Waals surface area contributed by atoms with Crippen LogP contribution in [-0.2, 0) is 16.1 Å². The number of benzene rings is 1. The van der Waals surface area contributed by atoms with Crippen molar-refractivity contribution in [3.63, 3.8) is 0 Å². The average Bonchev–Trinajstić information content (AvgIpc) is 2.96. The molecule has 9 nitrogen and oxygen atoms in total. The summed E-state index contributed by atoms with van der Waals surface area (Å²) in [6.45, 7) is 3.17. The minimum atomic E-state index is -0.923. The van der Waals surface area contributed by atoms with E-state index in [4.69, 9.17) is 14.7 Å². The van der Waals surface area contributed by atoms with Crippen LogP contribution in [0, 0.1) is 28.4 Å². The van der Waals surface area contributed by atoms with Crippen LogP contribution >= 0.6 is 0 Å². The number of ether oxygens (including phenoxy) is 2. The molecule has 1 unspecified atom stereocenters. The van der Waals surface area contributed by atoms with Gasteiger partial charge in [0.1, 0.15) is 31.2 Å². The van der Waals surface area contributed by atoms with Crippen LogP contribution in [-0.4, -0.2) is 33.2 Å². The molecular weight excluding hydrogens is 328 g/mol. The topological polar surface area (TPSA) is 120 Å². The molecule has 0 fully saturated rings. The van der Waals surface area contributed by atoms with Gasteiger partial charge in [0.25, 0.3) is 0 Å². The Bertz CT molecular complexity index is 824. The molecule has 25 heavy (non-hydrogen) atoms. The molecule has 1 atom stereocenters. The SMILES string of the molecule is Cc1ncc([N+](=O)[O-])n1CCOC(=O)C(C)Oc1ccccc1C#N. The molecule has 2 aromatic rings. The number of aromatic nitrogens is 2. The molecule has 2 rings (SSSR count). The van der Waals surface area contributed by atoms with Gasteiger partial charge >= 0.3 is 11.8 Å². The second kappa shape index (κ2) is 7.92. The number of para-hydroxylation sites is 1. The monoisotopic (exact) mass is 344 g/mol. The fourth-order valence-corrected chi connectivity index (χ4v) is 2.13. The zero-order valence-electron chi connectivity index (χ0n) is 13.7. The summed E-state index contributed by atoms with van der Waals surface area (Å²) in [4.78, 5) is 26.2. The van der Waals surface area contributed by atoms with Crippen molar-refractivity contribution < 1.29 is 19.2 Å². The van der Waals surface area contributed by atoms with Crippen LogP contribution in [0.2, 0.25) is 0 Å². The summed E-state index contributed by atoms with van der Waals surface area (Å²) < 4.78 is 11.9. The van der Waals surface area contributed by atoms with E-state index in [1.54, 1.807) is 31.2 Å². The number of carbonyl (C=O) groups excluding carboxylic acids is 1. The molecule has 0 spiro atoms. The van der Waals surface area contributed by atoms with Crippen molar-refractivity contribution in [3.05, 3.63) is 52.0 Å². The minimum Gasteiger partial charge on any atom is -0.478 e.